The van der Waals surface area contributed by atoms with Gasteiger partial charge < -0.3 is 18.8 Å². The van der Waals surface area contributed by atoms with Gasteiger partial charge in [0.05, 0.1) is 24.8 Å². The van der Waals surface area contributed by atoms with Gasteiger partial charge in [0.2, 0.25) is 0 Å². The zero-order chi connectivity index (χ0) is 20.1. The number of carbonyl (C=O) groups is 1. The third kappa shape index (κ3) is 4.59. The van der Waals surface area contributed by atoms with E-state index in [1.807, 2.05) is 54.1 Å². The van der Waals surface area contributed by atoms with Crippen LogP contribution in [0.15, 0.2) is 42.5 Å². The second-order valence-electron chi connectivity index (χ2n) is 6.35. The van der Waals surface area contributed by atoms with Crippen molar-refractivity contribution in [1.82, 2.24) is 9.55 Å². The molecule has 0 saturated carbocycles. The van der Waals surface area contributed by atoms with Crippen molar-refractivity contribution in [2.45, 2.75) is 25.2 Å². The Labute approximate surface area is 169 Å². The maximum Gasteiger partial charge on any atom is 0.319 e. The number of benzene rings is 2. The van der Waals surface area contributed by atoms with E-state index in [0.29, 0.717) is 19.6 Å². The largest absolute Gasteiger partial charge is 0.497 e. The predicted octanol–water partition coefficient (Wildman–Crippen LogP) is 3.56. The number of carbonyl (C=O) groups excluding carboxylic acids is 1. The molecule has 6 nitrogen and oxygen atoms in total. The summed E-state index contributed by atoms with van der Waals surface area (Å²) in [6.07, 6.45) is 0.509. The molecule has 0 N–H and O–H groups in total. The minimum atomic E-state index is -0.469. The Balaban J connectivity index is 1.63. The number of aryl methyl sites for hydroxylation is 1. The van der Waals surface area contributed by atoms with Crippen LogP contribution < -0.4 is 9.47 Å². The average Bonchev–Trinajstić information content (AvgIpc) is 3.02. The van der Waals surface area contributed by atoms with E-state index in [2.05, 4.69) is 17.6 Å². The lowest BCUT2D eigenvalue weighted by Gasteiger charge is -2.11. The lowest BCUT2D eigenvalue weighted by atomic mass is 10.1. The fraction of sp³-hybridized carbons (Fsp3) is 0.333. The van der Waals surface area contributed by atoms with Gasteiger partial charge in [-0.25, -0.2) is 4.98 Å². The lowest BCUT2D eigenvalue weighted by Crippen LogP contribution is -2.20. The number of methoxy groups -OCH3 is 1. The van der Waals surface area contributed by atoms with Crippen molar-refractivity contribution in [1.29, 1.82) is 0 Å². The second kappa shape index (κ2) is 9.01. The van der Waals surface area contributed by atoms with Crippen molar-refractivity contribution in [3.63, 3.8) is 0 Å². The van der Waals surface area contributed by atoms with Gasteiger partial charge in [0.25, 0.3) is 0 Å². The lowest BCUT2D eigenvalue weighted by molar-refractivity contribution is -0.142. The van der Waals surface area contributed by atoms with Crippen LogP contribution in [0.3, 0.4) is 0 Å². The highest BCUT2D eigenvalue weighted by molar-refractivity contribution is 7.81. The highest BCUT2D eigenvalue weighted by Gasteiger charge is 2.15. The van der Waals surface area contributed by atoms with Gasteiger partial charge in [0.1, 0.15) is 29.2 Å². The monoisotopic (exact) mass is 400 g/mol. The Morgan fingerprint density at radius 2 is 1.89 bits per heavy atom. The van der Waals surface area contributed by atoms with Gasteiger partial charge in [-0.2, -0.15) is 12.6 Å². The summed E-state index contributed by atoms with van der Waals surface area (Å²) in [6, 6.07) is 13.4. The van der Waals surface area contributed by atoms with E-state index in [1.54, 1.807) is 14.0 Å². The number of esters is 1. The molecule has 0 aliphatic carbocycles. The highest BCUT2D eigenvalue weighted by Crippen LogP contribution is 2.22. The molecule has 0 radical (unpaired) electrons. The number of fused-ring (bicyclic) bond motifs is 1. The highest BCUT2D eigenvalue weighted by atomic mass is 32.1. The van der Waals surface area contributed by atoms with Crippen LogP contribution in [-0.2, 0) is 29.6 Å². The number of nitrogens with zero attached hydrogens (tertiary/aromatic N) is 2. The molecule has 0 amide bonds. The molecule has 1 heterocycles. The molecule has 0 fully saturated rings. The van der Waals surface area contributed by atoms with Gasteiger partial charge >= 0.3 is 5.97 Å². The van der Waals surface area contributed by atoms with Crippen LogP contribution in [-0.4, -0.2) is 34.5 Å². The molecule has 148 valence electrons. The molecule has 0 aliphatic rings. The molecule has 0 aliphatic heterocycles. The van der Waals surface area contributed by atoms with Gasteiger partial charge in [-0.05, 0) is 43.2 Å². The second-order valence-corrected chi connectivity index (χ2v) is 6.97. The van der Waals surface area contributed by atoms with Crippen molar-refractivity contribution >= 4 is 29.6 Å². The summed E-state index contributed by atoms with van der Waals surface area (Å²) in [7, 11) is 3.60. The van der Waals surface area contributed by atoms with Crippen LogP contribution >= 0.6 is 12.6 Å². The summed E-state index contributed by atoms with van der Waals surface area (Å²) < 4.78 is 18.1. The Kier molecular flexibility index (Phi) is 6.46. The molecule has 7 heteroatoms. The summed E-state index contributed by atoms with van der Waals surface area (Å²) in [5.41, 5.74) is 2.89. The number of aromatic nitrogens is 2. The van der Waals surface area contributed by atoms with Gasteiger partial charge in [-0.3, -0.25) is 4.79 Å². The minimum Gasteiger partial charge on any atom is -0.497 e. The molecule has 0 spiro atoms. The van der Waals surface area contributed by atoms with E-state index in [0.717, 1.165) is 33.9 Å². The molecule has 1 unspecified atom stereocenters. The maximum atomic E-state index is 11.7. The zero-order valence-electron chi connectivity index (χ0n) is 16.2. The van der Waals surface area contributed by atoms with Crippen LogP contribution in [0.25, 0.3) is 11.0 Å². The summed E-state index contributed by atoms with van der Waals surface area (Å²) in [5, 5.41) is -0.469. The van der Waals surface area contributed by atoms with Crippen LogP contribution in [0.2, 0.25) is 0 Å². The molecular formula is C21H24N2O4S. The Morgan fingerprint density at radius 1 is 1.18 bits per heavy atom. The SMILES string of the molecule is CCOC(=O)C(S)Cc1ccc(OCc2nc3ccc(OC)cc3n2C)cc1. The van der Waals surface area contributed by atoms with Gasteiger partial charge in [-0.15, -0.1) is 0 Å². The van der Waals surface area contributed by atoms with Crippen molar-refractivity contribution in [2.24, 2.45) is 7.05 Å². The van der Waals surface area contributed by atoms with Crippen molar-refractivity contribution in [3.05, 3.63) is 53.9 Å². The topological polar surface area (TPSA) is 62.6 Å². The third-order valence-corrected chi connectivity index (χ3v) is 4.85. The first kappa shape index (κ1) is 20.1. The van der Waals surface area contributed by atoms with Crippen molar-refractivity contribution < 1.29 is 19.0 Å². The van der Waals surface area contributed by atoms with Gasteiger partial charge in [0, 0.05) is 13.1 Å². The molecule has 1 atom stereocenters. The standard InChI is InChI=1S/C21H24N2O4S/c1-4-26-21(24)19(28)11-14-5-7-15(8-6-14)27-13-20-22-17-10-9-16(25-3)12-18(17)23(20)2/h5-10,12,19,28H,4,11,13H2,1-3H3. The number of imidazole rings is 1. The van der Waals surface area contributed by atoms with E-state index < -0.39 is 5.25 Å². The first-order valence-electron chi connectivity index (χ1n) is 9.07. The molecule has 3 aromatic rings. The zero-order valence-corrected chi connectivity index (χ0v) is 17.1. The number of ether oxygens (including phenoxy) is 3. The van der Waals surface area contributed by atoms with E-state index in [9.17, 15) is 4.79 Å². The van der Waals surface area contributed by atoms with Crippen molar-refractivity contribution in [2.75, 3.05) is 13.7 Å². The van der Waals surface area contributed by atoms with Gasteiger partial charge in [-0.1, -0.05) is 12.1 Å². The minimum absolute atomic E-state index is 0.301. The molecule has 3 rings (SSSR count). The van der Waals surface area contributed by atoms with E-state index >= 15 is 0 Å². The number of hydrogen-bond donors (Lipinski definition) is 1. The molecule has 2 aromatic carbocycles. The molecule has 0 bridgehead atoms. The predicted molar refractivity (Wildman–Crippen MR) is 111 cm³/mol. The normalized spacial score (nSPS) is 12.0. The summed E-state index contributed by atoms with van der Waals surface area (Å²) in [4.78, 5) is 16.3. The van der Waals surface area contributed by atoms with Crippen molar-refractivity contribution in [3.8, 4) is 11.5 Å². The summed E-state index contributed by atoms with van der Waals surface area (Å²) >= 11 is 4.31. The molecule has 28 heavy (non-hydrogen) atoms. The molecule has 1 aromatic heterocycles. The Morgan fingerprint density at radius 3 is 2.57 bits per heavy atom. The maximum absolute atomic E-state index is 11.7. The first-order valence-corrected chi connectivity index (χ1v) is 9.59. The van der Waals surface area contributed by atoms with E-state index in [-0.39, 0.29) is 5.97 Å². The summed E-state index contributed by atoms with van der Waals surface area (Å²) in [6.45, 7) is 2.49. The smallest absolute Gasteiger partial charge is 0.319 e. The van der Waals surface area contributed by atoms with Crippen LogP contribution in [0.1, 0.15) is 18.3 Å². The van der Waals surface area contributed by atoms with Crippen LogP contribution in [0.4, 0.5) is 0 Å². The van der Waals surface area contributed by atoms with Crippen LogP contribution in [0, 0.1) is 0 Å². The average molecular weight is 401 g/mol. The Bertz CT molecular complexity index is 953. The Hall–Kier alpha value is -2.67. The quantitative estimate of drug-likeness (QED) is 0.463. The third-order valence-electron chi connectivity index (χ3n) is 4.46. The van der Waals surface area contributed by atoms with Crippen LogP contribution in [0.5, 0.6) is 11.5 Å². The van der Waals surface area contributed by atoms with E-state index in [4.69, 9.17) is 14.2 Å². The number of thiol groups is 1. The first-order chi connectivity index (χ1) is 13.5. The van der Waals surface area contributed by atoms with E-state index in [1.165, 1.54) is 0 Å². The van der Waals surface area contributed by atoms with Gasteiger partial charge in [0.15, 0.2) is 0 Å². The number of hydrogen-bond acceptors (Lipinski definition) is 6. The fourth-order valence-corrected chi connectivity index (χ4v) is 3.18. The fourth-order valence-electron chi connectivity index (χ4n) is 2.89. The summed E-state index contributed by atoms with van der Waals surface area (Å²) in [5.74, 6) is 2.05. The molecular weight excluding hydrogens is 376 g/mol. The number of rotatable bonds is 8. The molecule has 0 saturated heterocycles.